The highest BCUT2D eigenvalue weighted by Crippen LogP contribution is 2.22. The lowest BCUT2D eigenvalue weighted by molar-refractivity contribution is -0.139. The van der Waals surface area contributed by atoms with Crippen LogP contribution in [-0.2, 0) is 14.6 Å². The van der Waals surface area contributed by atoms with E-state index >= 15 is 0 Å². The molecule has 2 atom stereocenters. The van der Waals surface area contributed by atoms with Gasteiger partial charge >= 0.3 is 12.0 Å². The number of unbranched alkanes of at least 4 members (excludes halogenated alkanes) is 1. The van der Waals surface area contributed by atoms with Gasteiger partial charge in [-0.05, 0) is 19.8 Å². The molecule has 1 aliphatic rings. The first-order chi connectivity index (χ1) is 9.17. The van der Waals surface area contributed by atoms with Crippen molar-refractivity contribution in [1.82, 2.24) is 10.6 Å². The second kappa shape index (κ2) is 6.43. The number of hydrogen-bond donors (Lipinski definition) is 3. The molecule has 1 rings (SSSR count). The van der Waals surface area contributed by atoms with E-state index in [9.17, 15) is 18.0 Å². The van der Waals surface area contributed by atoms with Crippen LogP contribution in [0.4, 0.5) is 4.79 Å². The normalized spacial score (nSPS) is 25.9. The Morgan fingerprint density at radius 2 is 2.05 bits per heavy atom. The van der Waals surface area contributed by atoms with Gasteiger partial charge in [-0.15, -0.1) is 0 Å². The van der Waals surface area contributed by atoms with Crippen LogP contribution >= 0.6 is 0 Å². The van der Waals surface area contributed by atoms with Gasteiger partial charge in [0.05, 0.1) is 17.0 Å². The Morgan fingerprint density at radius 1 is 1.40 bits per heavy atom. The van der Waals surface area contributed by atoms with Crippen LogP contribution in [0.15, 0.2) is 0 Å². The fourth-order valence-corrected chi connectivity index (χ4v) is 4.34. The Kier molecular flexibility index (Phi) is 5.38. The third-order valence-corrected chi connectivity index (χ3v) is 5.27. The zero-order valence-electron chi connectivity index (χ0n) is 11.8. The van der Waals surface area contributed by atoms with Gasteiger partial charge in [0.15, 0.2) is 9.84 Å². The molecule has 8 heteroatoms. The zero-order chi connectivity index (χ0) is 15.4. The summed E-state index contributed by atoms with van der Waals surface area (Å²) in [5.41, 5.74) is -0.823. The number of aliphatic carboxylic acids is 1. The topological polar surface area (TPSA) is 113 Å². The molecule has 0 spiro atoms. The van der Waals surface area contributed by atoms with Gasteiger partial charge in [-0.2, -0.15) is 0 Å². The largest absolute Gasteiger partial charge is 0.480 e. The van der Waals surface area contributed by atoms with E-state index in [0.717, 1.165) is 6.42 Å². The summed E-state index contributed by atoms with van der Waals surface area (Å²) in [5, 5.41) is 14.0. The highest BCUT2D eigenvalue weighted by atomic mass is 32.2. The fraction of sp³-hybridized carbons (Fsp3) is 0.833. The smallest absolute Gasteiger partial charge is 0.326 e. The second-order valence-corrected chi connectivity index (χ2v) is 7.72. The summed E-state index contributed by atoms with van der Waals surface area (Å²) in [6.07, 6.45) is 2.23. The summed E-state index contributed by atoms with van der Waals surface area (Å²) in [6, 6.07) is -1.58. The quantitative estimate of drug-likeness (QED) is 0.661. The monoisotopic (exact) mass is 306 g/mol. The standard InChI is InChI=1S/C12H22N2O5S/c1-3-4-5-9(10(15)16)13-11(17)14-12(2)6-7-20(18,19)8-12/h9H,3-8H2,1-2H3,(H,15,16)(H2,13,14,17). The van der Waals surface area contributed by atoms with Crippen molar-refractivity contribution in [2.75, 3.05) is 11.5 Å². The maximum absolute atomic E-state index is 11.8. The van der Waals surface area contributed by atoms with Crippen LogP contribution in [0.25, 0.3) is 0 Å². The van der Waals surface area contributed by atoms with Crippen LogP contribution in [0.2, 0.25) is 0 Å². The number of carboxylic acid groups (broad SMARTS) is 1. The van der Waals surface area contributed by atoms with Crippen LogP contribution < -0.4 is 10.6 Å². The minimum Gasteiger partial charge on any atom is -0.480 e. The number of rotatable bonds is 6. The molecule has 0 aromatic heterocycles. The maximum Gasteiger partial charge on any atom is 0.326 e. The summed E-state index contributed by atoms with van der Waals surface area (Å²) >= 11 is 0. The Bertz CT molecular complexity index is 476. The van der Waals surface area contributed by atoms with E-state index < -0.39 is 33.4 Å². The van der Waals surface area contributed by atoms with Gasteiger partial charge in [-0.25, -0.2) is 18.0 Å². The van der Waals surface area contributed by atoms with Gasteiger partial charge in [0.2, 0.25) is 0 Å². The molecule has 1 saturated heterocycles. The van der Waals surface area contributed by atoms with Gasteiger partial charge in [-0.3, -0.25) is 0 Å². The summed E-state index contributed by atoms with van der Waals surface area (Å²) in [6.45, 7) is 3.59. The molecule has 7 nitrogen and oxygen atoms in total. The van der Waals surface area contributed by atoms with Crippen LogP contribution in [0, 0.1) is 0 Å². The van der Waals surface area contributed by atoms with E-state index in [4.69, 9.17) is 5.11 Å². The van der Waals surface area contributed by atoms with Crippen molar-refractivity contribution >= 4 is 21.8 Å². The SMILES string of the molecule is CCCCC(NC(=O)NC1(C)CCS(=O)(=O)C1)C(=O)O. The van der Waals surface area contributed by atoms with Gasteiger partial charge in [0, 0.05) is 0 Å². The molecule has 0 aromatic carbocycles. The molecule has 1 aliphatic heterocycles. The molecule has 1 heterocycles. The maximum atomic E-state index is 11.8. The van der Waals surface area contributed by atoms with Crippen LogP contribution in [0.1, 0.15) is 39.5 Å². The lowest BCUT2D eigenvalue weighted by atomic mass is 10.0. The molecule has 20 heavy (non-hydrogen) atoms. The third kappa shape index (κ3) is 4.99. The Morgan fingerprint density at radius 3 is 2.50 bits per heavy atom. The van der Waals surface area contributed by atoms with Gasteiger partial charge in [-0.1, -0.05) is 19.8 Å². The van der Waals surface area contributed by atoms with E-state index in [2.05, 4.69) is 10.6 Å². The van der Waals surface area contributed by atoms with Gasteiger partial charge in [0.1, 0.15) is 6.04 Å². The van der Waals surface area contributed by atoms with E-state index in [0.29, 0.717) is 19.3 Å². The first-order valence-corrected chi connectivity index (χ1v) is 8.51. The Balaban J connectivity index is 2.56. The predicted molar refractivity (Wildman–Crippen MR) is 74.3 cm³/mol. The molecule has 3 N–H and O–H groups in total. The average molecular weight is 306 g/mol. The summed E-state index contributed by atoms with van der Waals surface area (Å²) in [5.74, 6) is -1.15. The molecule has 0 saturated carbocycles. The lowest BCUT2D eigenvalue weighted by Gasteiger charge is -2.25. The van der Waals surface area contributed by atoms with Crippen molar-refractivity contribution in [3.63, 3.8) is 0 Å². The second-order valence-electron chi connectivity index (χ2n) is 5.53. The highest BCUT2D eigenvalue weighted by Gasteiger charge is 2.39. The zero-order valence-corrected chi connectivity index (χ0v) is 12.6. The van der Waals surface area contributed by atoms with E-state index in [1.807, 2.05) is 6.92 Å². The molecule has 0 bridgehead atoms. The minimum atomic E-state index is -3.12. The van der Waals surface area contributed by atoms with Crippen LogP contribution in [0.3, 0.4) is 0 Å². The van der Waals surface area contributed by atoms with Crippen LogP contribution in [-0.4, -0.2) is 48.6 Å². The van der Waals surface area contributed by atoms with E-state index in [1.54, 1.807) is 6.92 Å². The molecule has 0 aromatic rings. The first kappa shape index (κ1) is 16.7. The van der Waals surface area contributed by atoms with Crippen LogP contribution in [0.5, 0.6) is 0 Å². The number of nitrogens with one attached hydrogen (secondary N) is 2. The molecule has 2 amide bonds. The number of carbonyl (C=O) groups excluding carboxylic acids is 1. The number of urea groups is 1. The van der Waals surface area contributed by atoms with Gasteiger partial charge < -0.3 is 15.7 Å². The number of hydrogen-bond acceptors (Lipinski definition) is 4. The molecular weight excluding hydrogens is 284 g/mol. The van der Waals surface area contributed by atoms with Crippen molar-refractivity contribution in [2.45, 2.75) is 51.1 Å². The van der Waals surface area contributed by atoms with Crippen molar-refractivity contribution < 1.29 is 23.1 Å². The first-order valence-electron chi connectivity index (χ1n) is 6.69. The lowest BCUT2D eigenvalue weighted by Crippen LogP contribution is -2.54. The van der Waals surface area contributed by atoms with E-state index in [1.165, 1.54) is 0 Å². The summed E-state index contributed by atoms with van der Waals surface area (Å²) in [7, 11) is -3.12. The minimum absolute atomic E-state index is 0.0436. The van der Waals surface area contributed by atoms with Crippen molar-refractivity contribution in [1.29, 1.82) is 0 Å². The molecule has 0 aliphatic carbocycles. The molecule has 2 unspecified atom stereocenters. The highest BCUT2D eigenvalue weighted by molar-refractivity contribution is 7.91. The Hall–Kier alpha value is -1.31. The molecule has 116 valence electrons. The third-order valence-electron chi connectivity index (χ3n) is 3.37. The van der Waals surface area contributed by atoms with E-state index in [-0.39, 0.29) is 11.5 Å². The Labute approximate surface area is 119 Å². The number of carbonyl (C=O) groups is 2. The summed E-state index contributed by atoms with van der Waals surface area (Å²) < 4.78 is 22.9. The average Bonchev–Trinajstić information content (AvgIpc) is 2.58. The predicted octanol–water partition coefficient (Wildman–Crippen LogP) is 0.506. The molecule has 1 fully saturated rings. The number of sulfone groups is 1. The molecular formula is C12H22N2O5S. The van der Waals surface area contributed by atoms with Gasteiger partial charge in [0.25, 0.3) is 0 Å². The summed E-state index contributed by atoms with van der Waals surface area (Å²) in [4.78, 5) is 22.8. The number of carboxylic acids is 1. The van der Waals surface area contributed by atoms with Crippen molar-refractivity contribution in [2.24, 2.45) is 0 Å². The fourth-order valence-electron chi connectivity index (χ4n) is 2.24. The number of amides is 2. The molecule has 0 radical (unpaired) electrons. The van der Waals surface area contributed by atoms with Crippen molar-refractivity contribution in [3.05, 3.63) is 0 Å². The van der Waals surface area contributed by atoms with Crippen molar-refractivity contribution in [3.8, 4) is 0 Å².